The summed E-state index contributed by atoms with van der Waals surface area (Å²) in [5.41, 5.74) is 6.90. The first kappa shape index (κ1) is 9.07. The number of primary amides is 1. The van der Waals surface area contributed by atoms with Crippen LogP contribution in [0.15, 0.2) is 18.2 Å². The molecule has 0 aliphatic rings. The molecule has 64 valence electrons. The molecule has 2 nitrogen and oxygen atoms in total. The first-order valence-electron chi connectivity index (χ1n) is 3.63. The van der Waals surface area contributed by atoms with Crippen LogP contribution in [-0.2, 0) is 11.2 Å². The van der Waals surface area contributed by atoms with E-state index in [-0.39, 0.29) is 12.3 Å². The molecule has 0 fully saturated rings. The Balaban J connectivity index is 2.93. The molecule has 3 heteroatoms. The number of aryl methyl sites for hydroxylation is 1. The van der Waals surface area contributed by atoms with Crippen LogP contribution in [0.5, 0.6) is 0 Å². The van der Waals surface area contributed by atoms with E-state index < -0.39 is 0 Å². The van der Waals surface area contributed by atoms with Crippen LogP contribution >= 0.6 is 11.6 Å². The molecule has 2 N–H and O–H groups in total. The normalized spacial score (nSPS) is 9.83. The predicted molar refractivity (Wildman–Crippen MR) is 49.1 cm³/mol. The Morgan fingerprint density at radius 2 is 2.25 bits per heavy atom. The van der Waals surface area contributed by atoms with Crippen molar-refractivity contribution >= 4 is 17.5 Å². The Bertz CT molecular complexity index is 309. The summed E-state index contributed by atoms with van der Waals surface area (Å²) in [5, 5.41) is 0.605. The van der Waals surface area contributed by atoms with Gasteiger partial charge in [-0.1, -0.05) is 23.7 Å². The summed E-state index contributed by atoms with van der Waals surface area (Å²) in [7, 11) is 0. The molecule has 0 saturated carbocycles. The van der Waals surface area contributed by atoms with Gasteiger partial charge in [-0.3, -0.25) is 4.79 Å². The third kappa shape index (κ3) is 2.24. The van der Waals surface area contributed by atoms with Crippen molar-refractivity contribution in [2.45, 2.75) is 13.3 Å². The molecule has 0 radical (unpaired) electrons. The van der Waals surface area contributed by atoms with Gasteiger partial charge in [-0.2, -0.15) is 0 Å². The van der Waals surface area contributed by atoms with Crippen molar-refractivity contribution < 1.29 is 4.79 Å². The zero-order valence-electron chi connectivity index (χ0n) is 6.80. The Morgan fingerprint density at radius 3 is 2.75 bits per heavy atom. The van der Waals surface area contributed by atoms with Crippen molar-refractivity contribution in [1.29, 1.82) is 0 Å². The topological polar surface area (TPSA) is 43.1 Å². The molecule has 0 aromatic heterocycles. The van der Waals surface area contributed by atoms with Gasteiger partial charge in [-0.05, 0) is 24.1 Å². The van der Waals surface area contributed by atoms with Crippen molar-refractivity contribution in [2.75, 3.05) is 0 Å². The van der Waals surface area contributed by atoms with Gasteiger partial charge in [0.15, 0.2) is 0 Å². The van der Waals surface area contributed by atoms with Gasteiger partial charge in [0.1, 0.15) is 0 Å². The molecule has 0 aliphatic heterocycles. The molecule has 1 rings (SSSR count). The van der Waals surface area contributed by atoms with Crippen LogP contribution in [-0.4, -0.2) is 5.91 Å². The van der Waals surface area contributed by atoms with Gasteiger partial charge in [-0.25, -0.2) is 0 Å². The lowest BCUT2D eigenvalue weighted by Crippen LogP contribution is -2.13. The van der Waals surface area contributed by atoms with E-state index in [0.717, 1.165) is 11.1 Å². The standard InChI is InChI=1S/C9H10ClNO/c1-6-2-3-7(5-9(11)12)8(10)4-6/h2-4H,5H2,1H3,(H2,11,12). The van der Waals surface area contributed by atoms with Crippen molar-refractivity contribution in [3.63, 3.8) is 0 Å². The van der Waals surface area contributed by atoms with E-state index in [9.17, 15) is 4.79 Å². The van der Waals surface area contributed by atoms with Crippen LogP contribution in [0, 0.1) is 6.92 Å². The number of amides is 1. The van der Waals surface area contributed by atoms with Gasteiger partial charge in [-0.15, -0.1) is 0 Å². The zero-order chi connectivity index (χ0) is 9.14. The third-order valence-electron chi connectivity index (χ3n) is 1.57. The fourth-order valence-electron chi connectivity index (χ4n) is 0.983. The maximum Gasteiger partial charge on any atom is 0.221 e. The van der Waals surface area contributed by atoms with Crippen LogP contribution in [0.1, 0.15) is 11.1 Å². The Labute approximate surface area is 76.3 Å². The van der Waals surface area contributed by atoms with Gasteiger partial charge in [0.05, 0.1) is 6.42 Å². The maximum absolute atomic E-state index is 10.6. The minimum Gasteiger partial charge on any atom is -0.369 e. The van der Waals surface area contributed by atoms with E-state index in [1.165, 1.54) is 0 Å². The molecule has 0 aliphatic carbocycles. The van der Waals surface area contributed by atoms with Crippen molar-refractivity contribution in [3.05, 3.63) is 34.3 Å². The second-order valence-electron chi connectivity index (χ2n) is 2.74. The summed E-state index contributed by atoms with van der Waals surface area (Å²) >= 11 is 5.87. The third-order valence-corrected chi connectivity index (χ3v) is 1.93. The van der Waals surface area contributed by atoms with E-state index in [2.05, 4.69) is 0 Å². The van der Waals surface area contributed by atoms with Gasteiger partial charge >= 0.3 is 0 Å². The Morgan fingerprint density at radius 1 is 1.58 bits per heavy atom. The molecule has 0 bridgehead atoms. The highest BCUT2D eigenvalue weighted by Gasteiger charge is 2.02. The van der Waals surface area contributed by atoms with Crippen molar-refractivity contribution in [1.82, 2.24) is 0 Å². The minimum atomic E-state index is -0.360. The summed E-state index contributed by atoms with van der Waals surface area (Å²) in [6.07, 6.45) is 0.207. The number of hydrogen-bond donors (Lipinski definition) is 1. The molecular formula is C9H10ClNO. The van der Waals surface area contributed by atoms with Crippen LogP contribution in [0.25, 0.3) is 0 Å². The van der Waals surface area contributed by atoms with Crippen LogP contribution in [0.4, 0.5) is 0 Å². The predicted octanol–water partition coefficient (Wildman–Crippen LogP) is 1.68. The molecule has 1 aromatic rings. The molecule has 0 spiro atoms. The molecule has 1 amide bonds. The summed E-state index contributed by atoms with van der Waals surface area (Å²) < 4.78 is 0. The lowest BCUT2D eigenvalue weighted by Gasteiger charge is -2.01. The number of nitrogens with two attached hydrogens (primary N) is 1. The number of hydrogen-bond acceptors (Lipinski definition) is 1. The van der Waals surface area contributed by atoms with Gasteiger partial charge in [0.2, 0.25) is 5.91 Å². The quantitative estimate of drug-likeness (QED) is 0.745. The van der Waals surface area contributed by atoms with E-state index in [1.807, 2.05) is 25.1 Å². The van der Waals surface area contributed by atoms with Gasteiger partial charge < -0.3 is 5.73 Å². The van der Waals surface area contributed by atoms with E-state index in [1.54, 1.807) is 0 Å². The largest absolute Gasteiger partial charge is 0.369 e. The van der Waals surface area contributed by atoms with Crippen molar-refractivity contribution in [3.8, 4) is 0 Å². The van der Waals surface area contributed by atoms with Crippen LogP contribution in [0.3, 0.4) is 0 Å². The van der Waals surface area contributed by atoms with Crippen molar-refractivity contribution in [2.24, 2.45) is 5.73 Å². The lowest BCUT2D eigenvalue weighted by molar-refractivity contribution is -0.117. The second-order valence-corrected chi connectivity index (χ2v) is 3.15. The number of carbonyl (C=O) groups excluding carboxylic acids is 1. The summed E-state index contributed by atoms with van der Waals surface area (Å²) in [5.74, 6) is -0.360. The van der Waals surface area contributed by atoms with Crippen LogP contribution in [0.2, 0.25) is 5.02 Å². The smallest absolute Gasteiger partial charge is 0.221 e. The summed E-state index contributed by atoms with van der Waals surface area (Å²) in [4.78, 5) is 10.6. The number of rotatable bonds is 2. The molecule has 0 heterocycles. The highest BCUT2D eigenvalue weighted by atomic mass is 35.5. The fraction of sp³-hybridized carbons (Fsp3) is 0.222. The van der Waals surface area contributed by atoms with E-state index in [0.29, 0.717) is 5.02 Å². The van der Waals surface area contributed by atoms with Gasteiger partial charge in [0.25, 0.3) is 0 Å². The lowest BCUT2D eigenvalue weighted by atomic mass is 10.1. The number of halogens is 1. The Hall–Kier alpha value is -1.02. The number of benzene rings is 1. The Kier molecular flexibility index (Phi) is 2.71. The first-order chi connectivity index (χ1) is 5.59. The zero-order valence-corrected chi connectivity index (χ0v) is 7.56. The average molecular weight is 184 g/mol. The summed E-state index contributed by atoms with van der Waals surface area (Å²) in [6, 6.07) is 5.55. The molecule has 0 atom stereocenters. The molecule has 0 unspecified atom stereocenters. The SMILES string of the molecule is Cc1ccc(CC(N)=O)c(Cl)c1. The average Bonchev–Trinajstić information content (AvgIpc) is 1.94. The van der Waals surface area contributed by atoms with Crippen LogP contribution < -0.4 is 5.73 Å². The molecule has 12 heavy (non-hydrogen) atoms. The highest BCUT2D eigenvalue weighted by Crippen LogP contribution is 2.17. The van der Waals surface area contributed by atoms with E-state index >= 15 is 0 Å². The van der Waals surface area contributed by atoms with Gasteiger partial charge in [0, 0.05) is 5.02 Å². The molecule has 0 saturated heterocycles. The fourth-order valence-corrected chi connectivity index (χ4v) is 1.29. The molecular weight excluding hydrogens is 174 g/mol. The second kappa shape index (κ2) is 3.59. The van der Waals surface area contributed by atoms with E-state index in [4.69, 9.17) is 17.3 Å². The highest BCUT2D eigenvalue weighted by molar-refractivity contribution is 6.31. The first-order valence-corrected chi connectivity index (χ1v) is 4.00. The minimum absolute atomic E-state index is 0.207. The maximum atomic E-state index is 10.6. The number of carbonyl (C=O) groups is 1. The molecule has 1 aromatic carbocycles. The summed E-state index contributed by atoms with van der Waals surface area (Å²) in [6.45, 7) is 1.94. The monoisotopic (exact) mass is 183 g/mol.